The summed E-state index contributed by atoms with van der Waals surface area (Å²) in [5, 5.41) is 14.1. The van der Waals surface area contributed by atoms with Crippen molar-refractivity contribution in [1.82, 2.24) is 15.1 Å². The molecule has 0 amide bonds. The maximum absolute atomic E-state index is 10.5. The van der Waals surface area contributed by atoms with Crippen LogP contribution >= 0.6 is 0 Å². The van der Waals surface area contributed by atoms with E-state index in [0.29, 0.717) is 13.2 Å². The van der Waals surface area contributed by atoms with Crippen LogP contribution in [0, 0.1) is 5.92 Å². The van der Waals surface area contributed by atoms with E-state index in [-0.39, 0.29) is 0 Å². The van der Waals surface area contributed by atoms with E-state index in [1.807, 2.05) is 12.1 Å². The molecule has 0 spiro atoms. The molecule has 6 heteroatoms. The third kappa shape index (κ3) is 7.45. The Morgan fingerprint density at radius 1 is 1.14 bits per heavy atom. The molecule has 2 fully saturated rings. The van der Waals surface area contributed by atoms with Crippen LogP contribution in [0.25, 0.3) is 0 Å². The SMILES string of the molecule is COc1ccc(CNCC2CCCCC2)c(OC[C@@H](O)CN2CCN(C)CC2)c1. The van der Waals surface area contributed by atoms with Crippen molar-refractivity contribution >= 4 is 0 Å². The smallest absolute Gasteiger partial charge is 0.127 e. The number of aliphatic hydroxyl groups is 1. The number of hydrogen-bond acceptors (Lipinski definition) is 6. The number of nitrogens with zero attached hydrogens (tertiary/aromatic N) is 2. The zero-order valence-corrected chi connectivity index (χ0v) is 18.2. The fraction of sp³-hybridized carbons (Fsp3) is 0.739. The molecule has 1 heterocycles. The first-order chi connectivity index (χ1) is 14.1. The standard InChI is InChI=1S/C23H39N3O3/c1-25-10-12-26(13-11-25)17-21(27)18-29-23-14-22(28-2)9-8-20(23)16-24-15-19-6-4-3-5-7-19/h8-9,14,19,21,24,27H,3-7,10-13,15-18H2,1-2H3/t21-/m0/s1. The van der Waals surface area contributed by atoms with Gasteiger partial charge in [-0.3, -0.25) is 4.90 Å². The van der Waals surface area contributed by atoms with E-state index < -0.39 is 6.10 Å². The molecule has 6 nitrogen and oxygen atoms in total. The van der Waals surface area contributed by atoms with Crippen LogP contribution < -0.4 is 14.8 Å². The molecule has 2 N–H and O–H groups in total. The predicted molar refractivity (Wildman–Crippen MR) is 117 cm³/mol. The topological polar surface area (TPSA) is 57.2 Å². The molecular weight excluding hydrogens is 366 g/mol. The van der Waals surface area contributed by atoms with Crippen molar-refractivity contribution in [2.24, 2.45) is 5.92 Å². The van der Waals surface area contributed by atoms with Crippen molar-refractivity contribution < 1.29 is 14.6 Å². The highest BCUT2D eigenvalue weighted by Crippen LogP contribution is 2.26. The van der Waals surface area contributed by atoms with Crippen molar-refractivity contribution in [2.75, 3.05) is 60.0 Å². The number of methoxy groups -OCH3 is 1. The third-order valence-electron chi connectivity index (χ3n) is 6.24. The number of aliphatic hydroxyl groups excluding tert-OH is 1. The lowest BCUT2D eigenvalue weighted by atomic mass is 9.89. The quantitative estimate of drug-likeness (QED) is 0.623. The van der Waals surface area contributed by atoms with Crippen molar-refractivity contribution in [3.05, 3.63) is 23.8 Å². The second-order valence-corrected chi connectivity index (χ2v) is 8.68. The van der Waals surface area contributed by atoms with Crippen LogP contribution in [0.4, 0.5) is 0 Å². The highest BCUT2D eigenvalue weighted by atomic mass is 16.5. The number of likely N-dealkylation sites (N-methyl/N-ethyl adjacent to an activating group) is 1. The fourth-order valence-corrected chi connectivity index (χ4v) is 4.31. The van der Waals surface area contributed by atoms with Gasteiger partial charge in [-0.2, -0.15) is 0 Å². The molecule has 1 saturated carbocycles. The van der Waals surface area contributed by atoms with Crippen LogP contribution in [0.5, 0.6) is 11.5 Å². The van der Waals surface area contributed by atoms with Crippen LogP contribution in [0.1, 0.15) is 37.7 Å². The van der Waals surface area contributed by atoms with Crippen LogP contribution in [0.3, 0.4) is 0 Å². The summed E-state index contributed by atoms with van der Waals surface area (Å²) in [7, 11) is 3.81. The number of hydrogen-bond donors (Lipinski definition) is 2. The molecule has 1 aliphatic carbocycles. The summed E-state index contributed by atoms with van der Waals surface area (Å²) >= 11 is 0. The Bertz CT molecular complexity index is 599. The van der Waals surface area contributed by atoms with E-state index in [1.54, 1.807) is 7.11 Å². The van der Waals surface area contributed by atoms with Gasteiger partial charge in [0.1, 0.15) is 24.2 Å². The minimum absolute atomic E-state index is 0.301. The van der Waals surface area contributed by atoms with Gasteiger partial charge in [0, 0.05) is 50.9 Å². The maximum atomic E-state index is 10.5. The number of piperazine rings is 1. The number of β-amino-alcohol motifs (C(OH)–C–C–N with tert-alkyl or cyclic N) is 1. The summed E-state index contributed by atoms with van der Waals surface area (Å²) < 4.78 is 11.4. The lowest BCUT2D eigenvalue weighted by Gasteiger charge is -2.33. The van der Waals surface area contributed by atoms with Crippen molar-refractivity contribution in [1.29, 1.82) is 0 Å². The summed E-state index contributed by atoms with van der Waals surface area (Å²) in [6, 6.07) is 5.97. The first-order valence-corrected chi connectivity index (χ1v) is 11.2. The van der Waals surface area contributed by atoms with Gasteiger partial charge in [0.25, 0.3) is 0 Å². The van der Waals surface area contributed by atoms with E-state index in [4.69, 9.17) is 9.47 Å². The van der Waals surface area contributed by atoms with E-state index >= 15 is 0 Å². The average Bonchev–Trinajstić information content (AvgIpc) is 2.75. The lowest BCUT2D eigenvalue weighted by Crippen LogP contribution is -2.47. The van der Waals surface area contributed by atoms with Gasteiger partial charge < -0.3 is 24.8 Å². The van der Waals surface area contributed by atoms with Gasteiger partial charge in [-0.25, -0.2) is 0 Å². The summed E-state index contributed by atoms with van der Waals surface area (Å²) in [6.07, 6.45) is 6.33. The molecule has 1 aromatic rings. The monoisotopic (exact) mass is 405 g/mol. The summed E-state index contributed by atoms with van der Waals surface area (Å²) in [5.41, 5.74) is 1.12. The molecule has 2 aliphatic rings. The second kappa shape index (κ2) is 11.7. The average molecular weight is 406 g/mol. The first kappa shape index (κ1) is 22.3. The second-order valence-electron chi connectivity index (χ2n) is 8.68. The minimum Gasteiger partial charge on any atom is -0.497 e. The predicted octanol–water partition coefficient (Wildman–Crippen LogP) is 2.35. The molecule has 1 atom stereocenters. The van der Waals surface area contributed by atoms with Crippen LogP contribution in [0.2, 0.25) is 0 Å². The van der Waals surface area contributed by atoms with Gasteiger partial charge in [-0.15, -0.1) is 0 Å². The van der Waals surface area contributed by atoms with Gasteiger partial charge in [0.2, 0.25) is 0 Å². The van der Waals surface area contributed by atoms with E-state index in [1.165, 1.54) is 32.1 Å². The van der Waals surface area contributed by atoms with Gasteiger partial charge in [0.15, 0.2) is 0 Å². The van der Waals surface area contributed by atoms with Gasteiger partial charge >= 0.3 is 0 Å². The molecule has 3 rings (SSSR count). The normalized spacial score (nSPS) is 20.5. The van der Waals surface area contributed by atoms with Gasteiger partial charge in [-0.05, 0) is 38.4 Å². The zero-order valence-electron chi connectivity index (χ0n) is 18.2. The molecule has 1 aliphatic heterocycles. The molecule has 0 radical (unpaired) electrons. The highest BCUT2D eigenvalue weighted by molar-refractivity contribution is 5.40. The molecule has 0 aromatic heterocycles. The zero-order chi connectivity index (χ0) is 20.5. The maximum Gasteiger partial charge on any atom is 0.127 e. The van der Waals surface area contributed by atoms with E-state index in [9.17, 15) is 5.11 Å². The van der Waals surface area contributed by atoms with E-state index in [2.05, 4.69) is 28.2 Å². The number of ether oxygens (including phenoxy) is 2. The largest absolute Gasteiger partial charge is 0.497 e. The van der Waals surface area contributed by atoms with Crippen LogP contribution in [0.15, 0.2) is 18.2 Å². The summed E-state index contributed by atoms with van der Waals surface area (Å²) in [5.74, 6) is 2.39. The number of benzene rings is 1. The summed E-state index contributed by atoms with van der Waals surface area (Å²) in [4.78, 5) is 4.63. The lowest BCUT2D eigenvalue weighted by molar-refractivity contribution is 0.0501. The van der Waals surface area contributed by atoms with Gasteiger partial charge in [0.05, 0.1) is 7.11 Å². The Morgan fingerprint density at radius 2 is 1.90 bits per heavy atom. The number of nitrogens with one attached hydrogen (secondary N) is 1. The first-order valence-electron chi connectivity index (χ1n) is 11.2. The Morgan fingerprint density at radius 3 is 2.62 bits per heavy atom. The van der Waals surface area contributed by atoms with Crippen molar-refractivity contribution in [3.63, 3.8) is 0 Å². The molecular formula is C23H39N3O3. The van der Waals surface area contributed by atoms with Gasteiger partial charge in [-0.1, -0.05) is 25.3 Å². The molecule has 29 heavy (non-hydrogen) atoms. The molecule has 1 saturated heterocycles. The van der Waals surface area contributed by atoms with E-state index in [0.717, 1.165) is 62.2 Å². The Balaban J connectivity index is 1.48. The highest BCUT2D eigenvalue weighted by Gasteiger charge is 2.18. The van der Waals surface area contributed by atoms with Crippen molar-refractivity contribution in [3.8, 4) is 11.5 Å². The Hall–Kier alpha value is -1.34. The Labute approximate surface area is 176 Å². The third-order valence-corrected chi connectivity index (χ3v) is 6.24. The molecule has 0 bridgehead atoms. The Kier molecular flexibility index (Phi) is 9.05. The molecule has 1 aromatic carbocycles. The van der Waals surface area contributed by atoms with Crippen LogP contribution in [-0.4, -0.2) is 81.0 Å². The van der Waals surface area contributed by atoms with Crippen LogP contribution in [-0.2, 0) is 6.54 Å². The van der Waals surface area contributed by atoms with Crippen molar-refractivity contribution in [2.45, 2.75) is 44.8 Å². The summed E-state index contributed by atoms with van der Waals surface area (Å²) in [6.45, 7) is 6.93. The molecule has 0 unspecified atom stereocenters. The fourth-order valence-electron chi connectivity index (χ4n) is 4.31. The minimum atomic E-state index is -0.493. The molecule has 164 valence electrons. The number of rotatable bonds is 10.